The molecule has 1 rings (SSSR count). The summed E-state index contributed by atoms with van der Waals surface area (Å²) in [4.78, 5) is 0. The van der Waals surface area contributed by atoms with E-state index in [0.717, 1.165) is 0 Å². The molecule has 0 saturated heterocycles. The number of benzene rings is 1. The molecular formula is C13H18Si. The van der Waals surface area contributed by atoms with Crippen LogP contribution < -0.4 is 5.19 Å². The van der Waals surface area contributed by atoms with Crippen molar-refractivity contribution in [3.05, 3.63) is 30.3 Å². The van der Waals surface area contributed by atoms with Gasteiger partial charge in [0.1, 0.15) is 0 Å². The molecule has 1 aromatic carbocycles. The highest BCUT2D eigenvalue weighted by atomic mass is 28.3. The highest BCUT2D eigenvalue weighted by molar-refractivity contribution is 6.97. The van der Waals surface area contributed by atoms with E-state index in [1.54, 1.807) is 0 Å². The smallest absolute Gasteiger partial charge is 0.126 e. The van der Waals surface area contributed by atoms with Crippen LogP contribution in [0.2, 0.25) is 12.6 Å². The van der Waals surface area contributed by atoms with E-state index in [4.69, 9.17) is 0 Å². The van der Waals surface area contributed by atoms with Crippen LogP contribution in [0.3, 0.4) is 0 Å². The molecule has 0 aliphatic carbocycles. The molecule has 1 unspecified atom stereocenters. The molecule has 1 heteroatoms. The van der Waals surface area contributed by atoms with Gasteiger partial charge in [-0.2, -0.15) is 0 Å². The van der Waals surface area contributed by atoms with Crippen molar-refractivity contribution in [2.45, 2.75) is 32.9 Å². The Morgan fingerprint density at radius 3 is 2.36 bits per heavy atom. The fourth-order valence-electron chi connectivity index (χ4n) is 1.86. The van der Waals surface area contributed by atoms with E-state index < -0.39 is 8.07 Å². The molecule has 0 nitrogen and oxygen atoms in total. The van der Waals surface area contributed by atoms with Gasteiger partial charge in [-0.05, 0) is 18.2 Å². The van der Waals surface area contributed by atoms with Crippen LogP contribution in [0.4, 0.5) is 0 Å². The molecule has 0 aromatic heterocycles. The van der Waals surface area contributed by atoms with E-state index in [1.165, 1.54) is 17.7 Å². The van der Waals surface area contributed by atoms with Gasteiger partial charge in [-0.15, -0.1) is 11.5 Å². The van der Waals surface area contributed by atoms with Gasteiger partial charge in [0.15, 0.2) is 8.07 Å². The third-order valence-corrected chi connectivity index (χ3v) is 6.47. The van der Waals surface area contributed by atoms with Gasteiger partial charge in [0.25, 0.3) is 0 Å². The lowest BCUT2D eigenvalue weighted by atomic mass is 10.4. The first-order valence-electron chi connectivity index (χ1n) is 5.22. The Balaban J connectivity index is 3.03. The minimum absolute atomic E-state index is 1.23. The molecular weight excluding hydrogens is 184 g/mol. The molecule has 0 aliphatic rings. The lowest BCUT2D eigenvalue weighted by molar-refractivity contribution is 1.06. The molecule has 0 fully saturated rings. The molecule has 0 radical (unpaired) electrons. The van der Waals surface area contributed by atoms with E-state index in [9.17, 15) is 0 Å². The van der Waals surface area contributed by atoms with Crippen LogP contribution in [0.5, 0.6) is 0 Å². The van der Waals surface area contributed by atoms with Crippen molar-refractivity contribution >= 4 is 13.3 Å². The molecule has 0 bridgehead atoms. The van der Waals surface area contributed by atoms with Gasteiger partial charge in [-0.25, -0.2) is 0 Å². The Morgan fingerprint density at radius 1 is 1.21 bits per heavy atom. The molecule has 0 aliphatic heterocycles. The molecule has 0 N–H and O–H groups in total. The topological polar surface area (TPSA) is 0 Å². The molecule has 14 heavy (non-hydrogen) atoms. The summed E-state index contributed by atoms with van der Waals surface area (Å²) in [7, 11) is -1.49. The fourth-order valence-corrected chi connectivity index (χ4v) is 4.90. The Bertz CT molecular complexity index is 331. The first-order chi connectivity index (χ1) is 6.73. The average Bonchev–Trinajstić information content (AvgIpc) is 2.20. The Labute approximate surface area is 88.4 Å². The monoisotopic (exact) mass is 202 g/mol. The zero-order chi connectivity index (χ0) is 10.4. The minimum Gasteiger partial charge on any atom is -0.126 e. The van der Waals surface area contributed by atoms with Gasteiger partial charge in [0.2, 0.25) is 0 Å². The summed E-state index contributed by atoms with van der Waals surface area (Å²) in [5.74, 6) is 3.10. The lowest BCUT2D eigenvalue weighted by Gasteiger charge is -2.20. The largest absolute Gasteiger partial charge is 0.165 e. The summed E-state index contributed by atoms with van der Waals surface area (Å²) in [6, 6.07) is 12.0. The third-order valence-electron chi connectivity index (χ3n) is 2.56. The molecule has 1 aromatic rings. The van der Waals surface area contributed by atoms with Crippen LogP contribution in [0.1, 0.15) is 20.3 Å². The van der Waals surface area contributed by atoms with Gasteiger partial charge >= 0.3 is 0 Å². The van der Waals surface area contributed by atoms with Crippen molar-refractivity contribution < 1.29 is 0 Å². The second kappa shape index (κ2) is 5.02. The van der Waals surface area contributed by atoms with E-state index in [1.807, 2.05) is 6.92 Å². The summed E-state index contributed by atoms with van der Waals surface area (Å²) >= 11 is 0. The maximum absolute atomic E-state index is 3.47. The van der Waals surface area contributed by atoms with E-state index in [2.05, 4.69) is 55.3 Å². The zero-order valence-corrected chi connectivity index (χ0v) is 10.3. The minimum atomic E-state index is -1.49. The van der Waals surface area contributed by atoms with Gasteiger partial charge < -0.3 is 0 Å². The van der Waals surface area contributed by atoms with Crippen molar-refractivity contribution in [2.75, 3.05) is 0 Å². The highest BCUT2D eigenvalue weighted by Crippen LogP contribution is 2.11. The third kappa shape index (κ3) is 2.49. The van der Waals surface area contributed by atoms with Crippen molar-refractivity contribution in [3.8, 4) is 11.5 Å². The lowest BCUT2D eigenvalue weighted by Crippen LogP contribution is -2.43. The van der Waals surface area contributed by atoms with E-state index >= 15 is 0 Å². The first-order valence-corrected chi connectivity index (χ1v) is 7.93. The first kappa shape index (κ1) is 11.1. The highest BCUT2D eigenvalue weighted by Gasteiger charge is 2.25. The predicted octanol–water partition coefficient (Wildman–Crippen LogP) is 2.94. The van der Waals surface area contributed by atoms with Crippen LogP contribution in [-0.2, 0) is 0 Å². The van der Waals surface area contributed by atoms with Crippen LogP contribution in [0.15, 0.2) is 30.3 Å². The number of hydrogen-bond donors (Lipinski definition) is 0. The quantitative estimate of drug-likeness (QED) is 0.522. The van der Waals surface area contributed by atoms with Crippen molar-refractivity contribution in [3.63, 3.8) is 0 Å². The van der Waals surface area contributed by atoms with E-state index in [-0.39, 0.29) is 0 Å². The van der Waals surface area contributed by atoms with Crippen LogP contribution >= 0.6 is 0 Å². The maximum atomic E-state index is 3.47. The number of hydrogen-bond acceptors (Lipinski definition) is 0. The second-order valence-corrected chi connectivity index (χ2v) is 7.81. The van der Waals surface area contributed by atoms with E-state index in [0.29, 0.717) is 0 Å². The van der Waals surface area contributed by atoms with Crippen molar-refractivity contribution in [1.29, 1.82) is 0 Å². The van der Waals surface area contributed by atoms with Crippen LogP contribution in [-0.4, -0.2) is 8.07 Å². The molecule has 1 atom stereocenters. The van der Waals surface area contributed by atoms with Gasteiger partial charge in [0, 0.05) is 0 Å². The fraction of sp³-hybridized carbons (Fsp3) is 0.385. The Hall–Kier alpha value is -1.00. The zero-order valence-electron chi connectivity index (χ0n) is 9.30. The normalized spacial score (nSPS) is 13.9. The standard InChI is InChI=1S/C13H18Si/c1-4-11-14(3,12-5-2)13-9-7-6-8-10-13/h6-10H,4,11H2,1-3H3. The van der Waals surface area contributed by atoms with Gasteiger partial charge in [-0.1, -0.05) is 50.2 Å². The predicted molar refractivity (Wildman–Crippen MR) is 66.2 cm³/mol. The molecule has 0 heterocycles. The summed E-state index contributed by atoms with van der Waals surface area (Å²) in [5, 5.41) is 1.47. The average molecular weight is 202 g/mol. The SMILES string of the molecule is CC#C[Si](C)(CCC)c1ccccc1. The van der Waals surface area contributed by atoms with Gasteiger partial charge in [0.05, 0.1) is 0 Å². The summed E-state index contributed by atoms with van der Waals surface area (Å²) in [6.07, 6.45) is 1.23. The number of rotatable bonds is 3. The van der Waals surface area contributed by atoms with Crippen LogP contribution in [0, 0.1) is 11.5 Å². The van der Waals surface area contributed by atoms with Crippen LogP contribution in [0.25, 0.3) is 0 Å². The summed E-state index contributed by atoms with van der Waals surface area (Å²) in [5.41, 5.74) is 3.47. The summed E-state index contributed by atoms with van der Waals surface area (Å²) < 4.78 is 0. The Kier molecular flexibility index (Phi) is 3.97. The molecule has 74 valence electrons. The summed E-state index contributed by atoms with van der Waals surface area (Å²) in [6.45, 7) is 6.55. The van der Waals surface area contributed by atoms with Crippen molar-refractivity contribution in [1.82, 2.24) is 0 Å². The van der Waals surface area contributed by atoms with Gasteiger partial charge in [-0.3, -0.25) is 0 Å². The maximum Gasteiger partial charge on any atom is 0.165 e. The molecule has 0 saturated carbocycles. The van der Waals surface area contributed by atoms with Crippen molar-refractivity contribution in [2.24, 2.45) is 0 Å². The Morgan fingerprint density at radius 2 is 1.86 bits per heavy atom. The molecule has 0 amide bonds. The second-order valence-electron chi connectivity index (χ2n) is 3.82. The molecule has 0 spiro atoms.